The molecule has 0 saturated heterocycles. The molecular weight excluding hydrogens is 392 g/mol. The Morgan fingerprint density at radius 3 is 2.68 bits per heavy atom. The van der Waals surface area contributed by atoms with E-state index in [2.05, 4.69) is 15.3 Å². The standard InChI is InChI=1S/C24H26N4O3/c1-15-17(8-5-9-18(15)27-23(30)24(2,3)4)22(29)28-12-10-20-19(14-28)26-21(31-20)16-7-6-11-25-13-16/h5-9,11,13H,10,12,14H2,1-4H3,(H,27,30). The van der Waals surface area contributed by atoms with Crippen molar-refractivity contribution >= 4 is 17.5 Å². The summed E-state index contributed by atoms with van der Waals surface area (Å²) in [5, 5.41) is 2.94. The van der Waals surface area contributed by atoms with Crippen LogP contribution in [0.15, 0.2) is 47.1 Å². The van der Waals surface area contributed by atoms with Gasteiger partial charge in [0.1, 0.15) is 11.5 Å². The van der Waals surface area contributed by atoms with Crippen LogP contribution in [0, 0.1) is 12.3 Å². The monoisotopic (exact) mass is 418 g/mol. The van der Waals surface area contributed by atoms with Gasteiger partial charge in [0.05, 0.1) is 12.1 Å². The lowest BCUT2D eigenvalue weighted by atomic mass is 9.95. The molecule has 0 unspecified atom stereocenters. The number of pyridine rings is 1. The minimum Gasteiger partial charge on any atom is -0.441 e. The maximum atomic E-state index is 13.3. The minimum atomic E-state index is -0.519. The number of rotatable bonds is 3. The molecule has 2 amide bonds. The summed E-state index contributed by atoms with van der Waals surface area (Å²) in [7, 11) is 0. The molecule has 7 nitrogen and oxygen atoms in total. The Balaban J connectivity index is 1.54. The van der Waals surface area contributed by atoms with E-state index in [4.69, 9.17) is 4.42 Å². The number of carbonyl (C=O) groups is 2. The molecule has 3 aromatic rings. The normalized spacial score (nSPS) is 13.6. The van der Waals surface area contributed by atoms with Crippen molar-refractivity contribution in [3.8, 4) is 11.5 Å². The van der Waals surface area contributed by atoms with Crippen LogP contribution in [0.1, 0.15) is 48.1 Å². The maximum absolute atomic E-state index is 13.3. The Kier molecular flexibility index (Phi) is 5.35. The number of carbonyl (C=O) groups excluding carboxylic acids is 2. The number of benzene rings is 1. The van der Waals surface area contributed by atoms with Gasteiger partial charge in [-0.25, -0.2) is 4.98 Å². The molecule has 31 heavy (non-hydrogen) atoms. The van der Waals surface area contributed by atoms with E-state index in [1.807, 2.05) is 45.9 Å². The Labute approximate surface area is 181 Å². The van der Waals surface area contributed by atoms with E-state index in [0.29, 0.717) is 36.7 Å². The highest BCUT2D eigenvalue weighted by atomic mass is 16.4. The second-order valence-corrected chi connectivity index (χ2v) is 8.79. The first-order chi connectivity index (χ1) is 14.7. The van der Waals surface area contributed by atoms with Crippen molar-refractivity contribution < 1.29 is 14.0 Å². The van der Waals surface area contributed by atoms with Gasteiger partial charge < -0.3 is 14.6 Å². The predicted molar refractivity (Wildman–Crippen MR) is 117 cm³/mol. The van der Waals surface area contributed by atoms with Gasteiger partial charge in [0.2, 0.25) is 11.8 Å². The highest BCUT2D eigenvalue weighted by molar-refractivity contribution is 6.00. The fourth-order valence-electron chi connectivity index (χ4n) is 3.47. The van der Waals surface area contributed by atoms with Crippen LogP contribution in [-0.2, 0) is 17.8 Å². The molecule has 1 N–H and O–H groups in total. The van der Waals surface area contributed by atoms with Gasteiger partial charge >= 0.3 is 0 Å². The van der Waals surface area contributed by atoms with Gasteiger partial charge in [-0.3, -0.25) is 14.6 Å². The third-order valence-electron chi connectivity index (χ3n) is 5.42. The number of hydrogen-bond acceptors (Lipinski definition) is 5. The summed E-state index contributed by atoms with van der Waals surface area (Å²) in [6.07, 6.45) is 4.02. The quantitative estimate of drug-likeness (QED) is 0.688. The Bertz CT molecular complexity index is 1130. The van der Waals surface area contributed by atoms with Gasteiger partial charge in [-0.1, -0.05) is 26.8 Å². The number of aromatic nitrogens is 2. The van der Waals surface area contributed by atoms with Gasteiger partial charge in [-0.05, 0) is 36.8 Å². The van der Waals surface area contributed by atoms with Crippen LogP contribution in [0.5, 0.6) is 0 Å². The molecule has 2 aromatic heterocycles. The summed E-state index contributed by atoms with van der Waals surface area (Å²) >= 11 is 0. The molecule has 1 aliphatic rings. The molecule has 0 aliphatic carbocycles. The molecule has 1 aliphatic heterocycles. The largest absolute Gasteiger partial charge is 0.441 e. The first-order valence-electron chi connectivity index (χ1n) is 10.3. The smallest absolute Gasteiger partial charge is 0.254 e. The lowest BCUT2D eigenvalue weighted by Gasteiger charge is -2.26. The number of oxazole rings is 1. The third-order valence-corrected chi connectivity index (χ3v) is 5.42. The number of hydrogen-bond donors (Lipinski definition) is 1. The zero-order valence-electron chi connectivity index (χ0n) is 18.2. The molecule has 7 heteroatoms. The molecule has 0 saturated carbocycles. The Morgan fingerprint density at radius 1 is 1.16 bits per heavy atom. The van der Waals surface area contributed by atoms with Crippen LogP contribution in [0.2, 0.25) is 0 Å². The van der Waals surface area contributed by atoms with Crippen molar-refractivity contribution in [3.63, 3.8) is 0 Å². The van der Waals surface area contributed by atoms with E-state index in [-0.39, 0.29) is 11.8 Å². The predicted octanol–water partition coefficient (Wildman–Crippen LogP) is 4.23. The Hall–Kier alpha value is -3.48. The molecule has 4 rings (SSSR count). The minimum absolute atomic E-state index is 0.0825. The molecule has 1 aromatic carbocycles. The topological polar surface area (TPSA) is 88.3 Å². The van der Waals surface area contributed by atoms with E-state index < -0.39 is 5.41 Å². The molecule has 0 bridgehead atoms. The van der Waals surface area contributed by atoms with Gasteiger partial charge in [0.15, 0.2) is 0 Å². The third kappa shape index (κ3) is 4.21. The fourth-order valence-corrected chi connectivity index (χ4v) is 3.47. The van der Waals surface area contributed by atoms with Gasteiger partial charge in [0.25, 0.3) is 5.91 Å². The summed E-state index contributed by atoms with van der Waals surface area (Å²) in [6.45, 7) is 8.36. The highest BCUT2D eigenvalue weighted by Crippen LogP contribution is 2.28. The van der Waals surface area contributed by atoms with Crippen LogP contribution in [0.3, 0.4) is 0 Å². The molecule has 0 spiro atoms. The molecule has 0 radical (unpaired) electrons. The lowest BCUT2D eigenvalue weighted by Crippen LogP contribution is -2.36. The maximum Gasteiger partial charge on any atom is 0.254 e. The van der Waals surface area contributed by atoms with Crippen LogP contribution in [0.25, 0.3) is 11.5 Å². The Morgan fingerprint density at radius 2 is 1.97 bits per heavy atom. The molecule has 160 valence electrons. The van der Waals surface area contributed by atoms with Crippen molar-refractivity contribution in [1.29, 1.82) is 0 Å². The van der Waals surface area contributed by atoms with E-state index in [1.165, 1.54) is 0 Å². The molecule has 0 fully saturated rings. The van der Waals surface area contributed by atoms with Crippen molar-refractivity contribution in [3.05, 3.63) is 65.3 Å². The van der Waals surface area contributed by atoms with Crippen LogP contribution in [0.4, 0.5) is 5.69 Å². The van der Waals surface area contributed by atoms with E-state index in [0.717, 1.165) is 22.6 Å². The van der Waals surface area contributed by atoms with E-state index >= 15 is 0 Å². The lowest BCUT2D eigenvalue weighted by molar-refractivity contribution is -0.123. The number of anilines is 1. The summed E-state index contributed by atoms with van der Waals surface area (Å²) in [5.74, 6) is 1.16. The van der Waals surface area contributed by atoms with E-state index in [1.54, 1.807) is 29.4 Å². The summed E-state index contributed by atoms with van der Waals surface area (Å²) in [6, 6.07) is 9.15. The molecule has 3 heterocycles. The van der Waals surface area contributed by atoms with Crippen molar-refractivity contribution in [2.45, 2.75) is 40.7 Å². The molecular formula is C24H26N4O3. The van der Waals surface area contributed by atoms with Gasteiger partial charge in [0, 0.05) is 42.0 Å². The summed E-state index contributed by atoms with van der Waals surface area (Å²) < 4.78 is 5.91. The number of fused-ring (bicyclic) bond motifs is 1. The summed E-state index contributed by atoms with van der Waals surface area (Å²) in [5.41, 5.74) is 3.05. The van der Waals surface area contributed by atoms with Crippen molar-refractivity contribution in [2.24, 2.45) is 5.41 Å². The first-order valence-corrected chi connectivity index (χ1v) is 10.3. The molecule has 0 atom stereocenters. The summed E-state index contributed by atoms with van der Waals surface area (Å²) in [4.78, 5) is 36.2. The van der Waals surface area contributed by atoms with Crippen LogP contribution in [-0.4, -0.2) is 33.2 Å². The fraction of sp³-hybridized carbons (Fsp3) is 0.333. The van der Waals surface area contributed by atoms with Crippen LogP contribution >= 0.6 is 0 Å². The van der Waals surface area contributed by atoms with Crippen molar-refractivity contribution in [1.82, 2.24) is 14.9 Å². The zero-order chi connectivity index (χ0) is 22.2. The van der Waals surface area contributed by atoms with Gasteiger partial charge in [-0.15, -0.1) is 0 Å². The first kappa shape index (κ1) is 20.8. The van der Waals surface area contributed by atoms with Crippen LogP contribution < -0.4 is 5.32 Å². The highest BCUT2D eigenvalue weighted by Gasteiger charge is 2.28. The number of nitrogens with one attached hydrogen (secondary N) is 1. The second-order valence-electron chi connectivity index (χ2n) is 8.79. The second kappa shape index (κ2) is 7.98. The van der Waals surface area contributed by atoms with Gasteiger partial charge in [-0.2, -0.15) is 0 Å². The van der Waals surface area contributed by atoms with E-state index in [9.17, 15) is 9.59 Å². The average Bonchev–Trinajstić information content (AvgIpc) is 3.18. The average molecular weight is 418 g/mol. The number of nitrogens with zero attached hydrogens (tertiary/aromatic N) is 3. The SMILES string of the molecule is Cc1c(NC(=O)C(C)(C)C)cccc1C(=O)N1CCc2oc(-c3cccnc3)nc2C1. The zero-order valence-corrected chi connectivity index (χ0v) is 18.2. The van der Waals surface area contributed by atoms with Crippen molar-refractivity contribution in [2.75, 3.05) is 11.9 Å². The number of amides is 2.